The van der Waals surface area contributed by atoms with Crippen LogP contribution in [0.5, 0.6) is 0 Å². The van der Waals surface area contributed by atoms with Crippen molar-refractivity contribution in [1.82, 2.24) is 61.8 Å². The third-order valence-corrected chi connectivity index (χ3v) is 24.3. The Morgan fingerprint density at radius 3 is 0.675 bits per heavy atom. The monoisotopic (exact) mass is 1780 g/mol. The molecule has 3 unspecified atom stereocenters. The molecule has 0 spiro atoms. The number of carboxylic acids is 3. The van der Waals surface area contributed by atoms with E-state index in [4.69, 9.17) is 0 Å². The van der Waals surface area contributed by atoms with Crippen LogP contribution in [-0.2, 0) is 81.0 Å². The number of benzene rings is 6. The van der Waals surface area contributed by atoms with Gasteiger partial charge in [0.1, 0.15) is 17.3 Å². The van der Waals surface area contributed by atoms with E-state index >= 15 is 0 Å². The Bertz CT molecular complexity index is 5020. The number of rotatable bonds is 39. The molecule has 624 valence electrons. The summed E-state index contributed by atoms with van der Waals surface area (Å²) < 4.78 is 37.3. The van der Waals surface area contributed by atoms with Crippen molar-refractivity contribution in [3.05, 3.63) is 216 Å². The van der Waals surface area contributed by atoms with Gasteiger partial charge in [-0.25, -0.2) is 0 Å². The van der Waals surface area contributed by atoms with Crippen molar-refractivity contribution in [1.29, 1.82) is 0 Å². The average Bonchev–Trinajstić information content (AvgIpc) is 1.79. The first kappa shape index (κ1) is 102. The van der Waals surface area contributed by atoms with Gasteiger partial charge in [-0.1, -0.05) is 151 Å². The molecule has 0 fully saturated rings. The zero-order chi connectivity index (χ0) is 84.5. The molecule has 18 N–H and O–H groups in total. The van der Waals surface area contributed by atoms with Crippen LogP contribution in [0.2, 0.25) is 0 Å². The molecule has 0 saturated carbocycles. The first-order chi connectivity index (χ1) is 55.6. The summed E-state index contributed by atoms with van der Waals surface area (Å²) in [5.74, 6) is -10.2. The van der Waals surface area contributed by atoms with Gasteiger partial charge < -0.3 is 105 Å². The maximum absolute atomic E-state index is 13.3. The quantitative estimate of drug-likeness (QED) is 0.0157. The Hall–Kier alpha value is -5.38. The van der Waals surface area contributed by atoms with Crippen LogP contribution >= 0.6 is 22.8 Å². The van der Waals surface area contributed by atoms with E-state index < -0.39 is 112 Å². The van der Waals surface area contributed by atoms with Gasteiger partial charge in [0.2, 0.25) is 17.7 Å². The molecule has 0 aliphatic carbocycles. The fraction of sp³-hybridized carbons (Fsp3) is 0.357. The fourth-order valence-electron chi connectivity index (χ4n) is 14.8. The minimum atomic E-state index is -4.65. The van der Waals surface area contributed by atoms with Gasteiger partial charge in [-0.2, -0.15) is 0 Å². The van der Waals surface area contributed by atoms with Crippen LogP contribution in [-0.4, -0.2) is 148 Å². The van der Waals surface area contributed by atoms with Crippen molar-refractivity contribution < 1.29 is 241 Å². The Morgan fingerprint density at radius 2 is 0.492 bits per heavy atom. The summed E-state index contributed by atoms with van der Waals surface area (Å²) in [5.41, 5.74) is 10.2. The van der Waals surface area contributed by atoms with E-state index in [9.17, 15) is 87.1 Å². The van der Waals surface area contributed by atoms with Gasteiger partial charge in [-0.05, 0) is 145 Å². The van der Waals surface area contributed by atoms with E-state index in [2.05, 4.69) is 61.8 Å². The molecule has 12 aromatic rings. The van der Waals surface area contributed by atoms with Crippen molar-refractivity contribution in [2.75, 3.05) is 0 Å². The van der Waals surface area contributed by atoms with E-state index in [0.717, 1.165) is 82.1 Å². The number of H-pyrrole nitrogens is 6. The number of fused-ring (bicyclic) bond motifs is 6. The van der Waals surface area contributed by atoms with Crippen LogP contribution in [0.15, 0.2) is 183 Å². The number of aliphatic carboxylic acids is 3. The molecule has 6 aromatic carbocycles. The van der Waals surface area contributed by atoms with E-state index in [1.54, 1.807) is 18.6 Å². The third kappa shape index (κ3) is 29.1. The molecule has 6 heterocycles. The van der Waals surface area contributed by atoms with Crippen LogP contribution in [0, 0.1) is 17.8 Å². The number of aromatic nitrogens is 6. The molecule has 9 atom stereocenters. The molecule has 0 saturated heterocycles. The second-order valence-electron chi connectivity index (χ2n) is 30.9. The van der Waals surface area contributed by atoms with Gasteiger partial charge in [0, 0.05) is 122 Å². The van der Waals surface area contributed by atoms with Crippen LogP contribution in [0.4, 0.5) is 0 Å². The molecular formula is C84H102K3N12O18P3. The molecule has 0 radical (unpaired) electrons. The van der Waals surface area contributed by atoms with Gasteiger partial charge in [-0.3, -0.25) is 44.0 Å². The number of nitrogens with one attached hydrogen (secondary N) is 12. The maximum Gasteiger partial charge on any atom is 1.00 e. The number of hydrogen-bond donors (Lipinski definition) is 18. The van der Waals surface area contributed by atoms with Crippen molar-refractivity contribution in [3.8, 4) is 0 Å². The van der Waals surface area contributed by atoms with E-state index in [-0.39, 0.29) is 230 Å². The van der Waals surface area contributed by atoms with Gasteiger partial charge in [0.25, 0.3) is 0 Å². The summed E-state index contributed by atoms with van der Waals surface area (Å²) in [6.45, 7) is 11.3. The Kier molecular flexibility index (Phi) is 40.1. The number of aryl methyl sites for hydroxylation is 3. The summed E-state index contributed by atoms with van der Waals surface area (Å²) in [4.78, 5) is 155. The summed E-state index contributed by atoms with van der Waals surface area (Å²) >= 11 is 0. The number of carboxylic acid groups (broad SMARTS) is 3. The first-order valence-electron chi connectivity index (χ1n) is 38.9. The Balaban J connectivity index is 0.000000245. The molecule has 36 heteroatoms. The molecule has 0 aliphatic heterocycles. The van der Waals surface area contributed by atoms with Gasteiger partial charge >= 0.3 is 177 Å². The predicted octanol–water partition coefficient (Wildman–Crippen LogP) is -1.29. The minimum absolute atomic E-state index is 0. The Labute approximate surface area is 822 Å². The summed E-state index contributed by atoms with van der Waals surface area (Å²) in [6.07, 6.45) is 12.6. The predicted molar refractivity (Wildman–Crippen MR) is 443 cm³/mol. The van der Waals surface area contributed by atoms with E-state index in [0.29, 0.717) is 36.0 Å². The topological polar surface area (TPSA) is 511 Å². The number of hydrogen-bond acceptors (Lipinski definition) is 15. The summed E-state index contributed by atoms with van der Waals surface area (Å²) in [6, 6.07) is 38.2. The Morgan fingerprint density at radius 1 is 0.308 bits per heavy atom. The molecule has 120 heavy (non-hydrogen) atoms. The van der Waals surface area contributed by atoms with Crippen molar-refractivity contribution >= 4 is 124 Å². The SMILES string of the molecule is CC(C)C[C@H](NC(CCc1c[nH]c2ccccc12)P(=O)(O)O)C(=O)N[C@@H](Cc1c[nH]c2ccccc12)C(=O)[O-].CC(C)C[C@H](NC(CCc1c[nH]c2ccccc12)P(=O)(O)O)C(=O)N[C@@H](Cc1c[nH]c2ccccc12)C(=O)[O-].CC(C)C[C@H](NC(CCc1c[nH]c2ccccc12)P(=O)(O)O)C(=O)N[C@@H](Cc1c[nH]c2ccccc12)C(=O)[O-].[K+].[K+].[K+]. The van der Waals surface area contributed by atoms with Gasteiger partial charge in [-0.15, -0.1) is 0 Å². The van der Waals surface area contributed by atoms with Crippen LogP contribution in [0.1, 0.15) is 113 Å². The van der Waals surface area contributed by atoms with E-state index in [1.165, 1.54) is 0 Å². The smallest absolute Gasteiger partial charge is 0.548 e. The zero-order valence-electron chi connectivity index (χ0n) is 68.7. The summed E-state index contributed by atoms with van der Waals surface area (Å²) in [5, 5.41) is 57.6. The molecule has 0 aliphatic rings. The first-order valence-corrected chi connectivity index (χ1v) is 43.9. The standard InChI is InChI=1S/3C28H35N4O6P.3K/c3*1-17(2)13-24(27(33)32-25(28(34)35)14-19-16-30-23-10-6-4-8-21(19)23)31-26(39(36,37)38)12-11-18-15-29-22-9-5-3-7-20(18)22;;;/h3*3-10,15-17,24-26,29-31H,11-14H2,1-2H3,(H,32,33)(H,34,35)(H2,36,37,38);;;/q;;;3*+1/p-3/t3*24-,25-,26?;;;/m000.../s1. The zero-order valence-corrected chi connectivity index (χ0v) is 80.7. The van der Waals surface area contributed by atoms with Crippen LogP contribution in [0.3, 0.4) is 0 Å². The van der Waals surface area contributed by atoms with Gasteiger partial charge in [0.05, 0.1) is 54.2 Å². The number of aromatic amines is 6. The number of para-hydroxylation sites is 6. The second-order valence-corrected chi connectivity index (χ2v) is 36.3. The molecule has 6 aromatic heterocycles. The molecule has 30 nitrogen and oxygen atoms in total. The normalized spacial score (nSPS) is 14.1. The molecule has 0 bridgehead atoms. The number of carbonyl (C=O) groups is 6. The molecule has 12 rings (SSSR count). The van der Waals surface area contributed by atoms with E-state index in [1.807, 2.05) is 206 Å². The second kappa shape index (κ2) is 47.3. The summed E-state index contributed by atoms with van der Waals surface area (Å²) in [7, 11) is -14.0. The third-order valence-electron chi connectivity index (χ3n) is 20.7. The number of carbonyl (C=O) groups excluding carboxylic acids is 6. The maximum atomic E-state index is 13.3. The van der Waals surface area contributed by atoms with Crippen LogP contribution < -0.4 is 201 Å². The largest absolute Gasteiger partial charge is 1.00 e. The molecular weight excluding hydrogens is 1680 g/mol. The van der Waals surface area contributed by atoms with Crippen LogP contribution in [0.25, 0.3) is 65.4 Å². The van der Waals surface area contributed by atoms with Gasteiger partial charge in [0.15, 0.2) is 0 Å². The number of amides is 3. The van der Waals surface area contributed by atoms with Crippen molar-refractivity contribution in [3.63, 3.8) is 0 Å². The van der Waals surface area contributed by atoms with Crippen molar-refractivity contribution in [2.24, 2.45) is 17.8 Å². The molecule has 3 amide bonds. The fourth-order valence-corrected chi connectivity index (χ4v) is 17.3. The van der Waals surface area contributed by atoms with Crippen molar-refractivity contribution in [2.45, 2.75) is 172 Å². The average molecular weight is 1780 g/mol. The minimum Gasteiger partial charge on any atom is -0.548 e.